The predicted octanol–water partition coefficient (Wildman–Crippen LogP) is 2.38. The Bertz CT molecular complexity index is 131. The van der Waals surface area contributed by atoms with Gasteiger partial charge in [-0.25, -0.2) is 0 Å². The monoisotopic (exact) mass is 123 g/mol. The van der Waals surface area contributed by atoms with E-state index in [4.69, 9.17) is 5.41 Å². The number of hydrogen-bond donors (Lipinski definition) is 1. The molecule has 1 nitrogen and oxygen atoms in total. The van der Waals surface area contributed by atoms with Crippen molar-refractivity contribution in [2.45, 2.75) is 26.2 Å². The van der Waals surface area contributed by atoms with E-state index in [2.05, 4.69) is 13.5 Å². The molecule has 0 aromatic heterocycles. The van der Waals surface area contributed by atoms with E-state index in [0.717, 1.165) is 25.0 Å². The van der Waals surface area contributed by atoms with Crippen LogP contribution >= 0.6 is 0 Å². The minimum Gasteiger partial charge on any atom is -0.309 e. The molecule has 50 valence electrons. The summed E-state index contributed by atoms with van der Waals surface area (Å²) < 4.78 is 0. The average molecular weight is 123 g/mol. The Hall–Kier alpha value is -0.590. The molecule has 1 atom stereocenters. The summed E-state index contributed by atoms with van der Waals surface area (Å²) in [6, 6.07) is 0. The average Bonchev–Trinajstić information content (AvgIpc) is 2.12. The van der Waals surface area contributed by atoms with Gasteiger partial charge in [0, 0.05) is 11.6 Å². The van der Waals surface area contributed by atoms with Gasteiger partial charge in [0.05, 0.1) is 0 Å². The predicted molar refractivity (Wildman–Crippen MR) is 39.9 cm³/mol. The Morgan fingerprint density at radius 3 is 2.56 bits per heavy atom. The van der Waals surface area contributed by atoms with E-state index >= 15 is 0 Å². The van der Waals surface area contributed by atoms with Crippen LogP contribution in [0.15, 0.2) is 12.2 Å². The number of nitrogens with one attached hydrogen (secondary N) is 1. The molecular formula is C8H13N. The molecule has 0 bridgehead atoms. The van der Waals surface area contributed by atoms with Gasteiger partial charge in [0.2, 0.25) is 0 Å². The highest BCUT2D eigenvalue weighted by atomic mass is 14.5. The van der Waals surface area contributed by atoms with Crippen molar-refractivity contribution in [2.75, 3.05) is 0 Å². The second kappa shape index (κ2) is 2.34. The van der Waals surface area contributed by atoms with E-state index in [0.29, 0.717) is 5.92 Å². The van der Waals surface area contributed by atoms with Gasteiger partial charge >= 0.3 is 0 Å². The van der Waals surface area contributed by atoms with Crippen molar-refractivity contribution in [2.24, 2.45) is 5.92 Å². The van der Waals surface area contributed by atoms with Crippen LogP contribution < -0.4 is 0 Å². The molecule has 0 aliphatic heterocycles. The fourth-order valence-corrected chi connectivity index (χ4v) is 1.43. The first-order valence-electron chi connectivity index (χ1n) is 3.50. The number of hydrogen-bond acceptors (Lipinski definition) is 1. The lowest BCUT2D eigenvalue weighted by atomic mass is 10.0. The fraction of sp³-hybridized carbons (Fsp3) is 0.625. The smallest absolute Gasteiger partial charge is 0.0170 e. The molecule has 0 radical (unpaired) electrons. The molecular weight excluding hydrogens is 110 g/mol. The third-order valence-corrected chi connectivity index (χ3v) is 2.04. The van der Waals surface area contributed by atoms with Crippen LogP contribution in [0.25, 0.3) is 0 Å². The SMILES string of the molecule is C=C1CCC(=N)C1CC. The molecule has 1 fully saturated rings. The van der Waals surface area contributed by atoms with Crippen molar-refractivity contribution in [3.8, 4) is 0 Å². The molecule has 0 heterocycles. The van der Waals surface area contributed by atoms with E-state index in [1.165, 1.54) is 5.57 Å². The Labute approximate surface area is 56.3 Å². The summed E-state index contributed by atoms with van der Waals surface area (Å²) in [4.78, 5) is 0. The van der Waals surface area contributed by atoms with Crippen LogP contribution in [0.4, 0.5) is 0 Å². The number of allylic oxidation sites excluding steroid dienone is 1. The Balaban J connectivity index is 2.66. The molecule has 0 spiro atoms. The minimum atomic E-state index is 0.421. The lowest BCUT2D eigenvalue weighted by molar-refractivity contribution is 0.781. The van der Waals surface area contributed by atoms with Gasteiger partial charge in [-0.15, -0.1) is 0 Å². The zero-order chi connectivity index (χ0) is 6.85. The normalized spacial score (nSPS) is 27.4. The second-order valence-corrected chi connectivity index (χ2v) is 2.64. The third-order valence-electron chi connectivity index (χ3n) is 2.04. The highest BCUT2D eigenvalue weighted by Gasteiger charge is 2.22. The molecule has 0 amide bonds. The second-order valence-electron chi connectivity index (χ2n) is 2.64. The first-order valence-corrected chi connectivity index (χ1v) is 3.50. The molecule has 1 saturated carbocycles. The fourth-order valence-electron chi connectivity index (χ4n) is 1.43. The Kier molecular flexibility index (Phi) is 1.70. The van der Waals surface area contributed by atoms with E-state index in [9.17, 15) is 0 Å². The van der Waals surface area contributed by atoms with Crippen molar-refractivity contribution in [1.82, 2.24) is 0 Å². The minimum absolute atomic E-state index is 0.421. The maximum Gasteiger partial charge on any atom is 0.0170 e. The summed E-state index contributed by atoms with van der Waals surface area (Å²) in [7, 11) is 0. The lowest BCUT2D eigenvalue weighted by Gasteiger charge is -2.05. The Morgan fingerprint density at radius 2 is 2.33 bits per heavy atom. The van der Waals surface area contributed by atoms with Gasteiger partial charge in [-0.05, 0) is 19.3 Å². The maximum absolute atomic E-state index is 7.48. The molecule has 0 saturated heterocycles. The van der Waals surface area contributed by atoms with Gasteiger partial charge < -0.3 is 5.41 Å². The molecule has 1 N–H and O–H groups in total. The van der Waals surface area contributed by atoms with Crippen molar-refractivity contribution >= 4 is 5.71 Å². The van der Waals surface area contributed by atoms with Crippen molar-refractivity contribution in [3.63, 3.8) is 0 Å². The highest BCUT2D eigenvalue weighted by molar-refractivity contribution is 5.89. The first-order chi connectivity index (χ1) is 4.25. The van der Waals surface area contributed by atoms with Gasteiger partial charge in [0.25, 0.3) is 0 Å². The van der Waals surface area contributed by atoms with Gasteiger partial charge in [-0.3, -0.25) is 0 Å². The van der Waals surface area contributed by atoms with E-state index in [1.807, 2.05) is 0 Å². The van der Waals surface area contributed by atoms with E-state index < -0.39 is 0 Å². The van der Waals surface area contributed by atoms with Gasteiger partial charge in [-0.2, -0.15) is 0 Å². The number of rotatable bonds is 1. The molecule has 0 aromatic carbocycles. The van der Waals surface area contributed by atoms with Crippen LogP contribution in [0.1, 0.15) is 26.2 Å². The van der Waals surface area contributed by atoms with Crippen molar-refractivity contribution in [3.05, 3.63) is 12.2 Å². The molecule has 0 aromatic rings. The quantitative estimate of drug-likeness (QED) is 0.518. The molecule has 1 aliphatic carbocycles. The van der Waals surface area contributed by atoms with Crippen molar-refractivity contribution in [1.29, 1.82) is 5.41 Å². The largest absolute Gasteiger partial charge is 0.309 e. The third kappa shape index (κ3) is 1.04. The van der Waals surface area contributed by atoms with Gasteiger partial charge in [0.15, 0.2) is 0 Å². The summed E-state index contributed by atoms with van der Waals surface area (Å²) in [6.45, 7) is 6.04. The molecule has 1 heteroatoms. The van der Waals surface area contributed by atoms with Crippen molar-refractivity contribution < 1.29 is 0 Å². The first kappa shape index (κ1) is 6.53. The molecule has 1 aliphatic rings. The zero-order valence-corrected chi connectivity index (χ0v) is 5.91. The maximum atomic E-state index is 7.48. The van der Waals surface area contributed by atoms with Gasteiger partial charge in [0.1, 0.15) is 0 Å². The van der Waals surface area contributed by atoms with Gasteiger partial charge in [-0.1, -0.05) is 19.1 Å². The van der Waals surface area contributed by atoms with Crippen LogP contribution in [-0.2, 0) is 0 Å². The zero-order valence-electron chi connectivity index (χ0n) is 5.91. The van der Waals surface area contributed by atoms with Crippen LogP contribution in [0.2, 0.25) is 0 Å². The van der Waals surface area contributed by atoms with E-state index in [1.54, 1.807) is 0 Å². The summed E-state index contributed by atoms with van der Waals surface area (Å²) in [5.74, 6) is 0.421. The topological polar surface area (TPSA) is 23.9 Å². The Morgan fingerprint density at radius 1 is 1.67 bits per heavy atom. The summed E-state index contributed by atoms with van der Waals surface area (Å²) in [6.07, 6.45) is 3.08. The highest BCUT2D eigenvalue weighted by Crippen LogP contribution is 2.28. The summed E-state index contributed by atoms with van der Waals surface area (Å²) >= 11 is 0. The molecule has 1 rings (SSSR count). The van der Waals surface area contributed by atoms with Crippen LogP contribution in [0.3, 0.4) is 0 Å². The standard InChI is InChI=1S/C8H13N/c1-3-7-6(2)4-5-8(7)9/h7,9H,2-5H2,1H3. The van der Waals surface area contributed by atoms with Crippen LogP contribution in [0.5, 0.6) is 0 Å². The molecule has 1 unspecified atom stereocenters. The van der Waals surface area contributed by atoms with E-state index in [-0.39, 0.29) is 0 Å². The summed E-state index contributed by atoms with van der Waals surface area (Å²) in [5.41, 5.74) is 2.16. The summed E-state index contributed by atoms with van der Waals surface area (Å²) in [5, 5.41) is 7.48. The lowest BCUT2D eigenvalue weighted by Crippen LogP contribution is -2.04. The molecule has 9 heavy (non-hydrogen) atoms. The van der Waals surface area contributed by atoms with Crippen LogP contribution in [0, 0.1) is 11.3 Å². The van der Waals surface area contributed by atoms with Crippen LogP contribution in [-0.4, -0.2) is 5.71 Å².